The number of anilines is 2. The van der Waals surface area contributed by atoms with E-state index in [0.717, 1.165) is 25.7 Å². The standard InChI is InChI=1S/C23H28F2N6O/c1-29(2)22(17-6-4-3-5-7-17)10-8-21(9-11-22)14-31(20(32)28-21)18-12-26-19(27-13-18)30-15-23(24,25)16-30/h3-7,12-13H,8-11,14-16H2,1-2H3,(H,28,32). The Morgan fingerprint density at radius 1 is 0.969 bits per heavy atom. The molecule has 5 rings (SSSR count). The molecule has 3 fully saturated rings. The number of nitrogens with zero attached hydrogens (tertiary/aromatic N) is 5. The van der Waals surface area contributed by atoms with Crippen molar-refractivity contribution in [2.24, 2.45) is 0 Å². The highest BCUT2D eigenvalue weighted by atomic mass is 19.3. The molecule has 2 saturated heterocycles. The van der Waals surface area contributed by atoms with E-state index < -0.39 is 5.92 Å². The van der Waals surface area contributed by atoms with E-state index in [2.05, 4.69) is 58.5 Å². The van der Waals surface area contributed by atoms with Crippen LogP contribution >= 0.6 is 0 Å². The third-order valence-corrected chi connectivity index (χ3v) is 7.34. The van der Waals surface area contributed by atoms with Gasteiger partial charge in [0, 0.05) is 5.54 Å². The van der Waals surface area contributed by atoms with E-state index in [1.54, 1.807) is 17.3 Å². The Morgan fingerprint density at radius 2 is 1.59 bits per heavy atom. The van der Waals surface area contributed by atoms with Crippen LogP contribution in [0.1, 0.15) is 31.2 Å². The molecule has 2 aromatic rings. The maximum absolute atomic E-state index is 13.1. The van der Waals surface area contributed by atoms with E-state index in [9.17, 15) is 13.6 Å². The monoisotopic (exact) mass is 442 g/mol. The molecule has 0 unspecified atom stereocenters. The van der Waals surface area contributed by atoms with Crippen LogP contribution in [0.25, 0.3) is 0 Å². The lowest BCUT2D eigenvalue weighted by molar-refractivity contribution is -0.0271. The minimum Gasteiger partial charge on any atom is -0.330 e. The Kier molecular flexibility index (Phi) is 4.85. The second kappa shape index (κ2) is 7.37. The van der Waals surface area contributed by atoms with Gasteiger partial charge in [-0.15, -0.1) is 0 Å². The zero-order valence-corrected chi connectivity index (χ0v) is 18.4. The zero-order valence-electron chi connectivity index (χ0n) is 18.4. The molecule has 1 aromatic heterocycles. The molecule has 7 nitrogen and oxygen atoms in total. The normalized spacial score (nSPS) is 29.3. The third-order valence-electron chi connectivity index (χ3n) is 7.34. The SMILES string of the molecule is CN(C)C1(c2ccccc2)CCC2(CC1)CN(c1cnc(N3CC(F)(F)C3)nc1)C(=O)N2. The molecular weight excluding hydrogens is 414 g/mol. The first-order chi connectivity index (χ1) is 15.2. The average Bonchev–Trinajstić information content (AvgIpc) is 3.09. The van der Waals surface area contributed by atoms with E-state index in [1.165, 1.54) is 10.5 Å². The molecule has 2 amide bonds. The molecular formula is C23H28F2N6O. The molecule has 1 N–H and O–H groups in total. The Bertz CT molecular complexity index is 981. The smallest absolute Gasteiger partial charge is 0.322 e. The van der Waals surface area contributed by atoms with Crippen molar-refractivity contribution in [2.45, 2.75) is 42.7 Å². The number of halogens is 2. The van der Waals surface area contributed by atoms with Gasteiger partial charge < -0.3 is 10.2 Å². The van der Waals surface area contributed by atoms with Gasteiger partial charge in [-0.25, -0.2) is 23.5 Å². The topological polar surface area (TPSA) is 64.6 Å². The highest BCUT2D eigenvalue weighted by Crippen LogP contribution is 2.46. The molecule has 0 radical (unpaired) electrons. The second-order valence-electron chi connectivity index (χ2n) is 9.54. The van der Waals surface area contributed by atoms with Crippen LogP contribution in [-0.4, -0.2) is 66.1 Å². The number of carbonyl (C=O) groups excluding carboxylic acids is 1. The van der Waals surface area contributed by atoms with Crippen LogP contribution in [0.4, 0.5) is 25.2 Å². The maximum Gasteiger partial charge on any atom is 0.322 e. The van der Waals surface area contributed by atoms with Crippen LogP contribution in [0.3, 0.4) is 0 Å². The quantitative estimate of drug-likeness (QED) is 0.788. The zero-order chi connectivity index (χ0) is 22.6. The van der Waals surface area contributed by atoms with Gasteiger partial charge in [-0.1, -0.05) is 30.3 Å². The first-order valence-electron chi connectivity index (χ1n) is 11.0. The summed E-state index contributed by atoms with van der Waals surface area (Å²) in [6, 6.07) is 10.4. The number of hydrogen-bond donors (Lipinski definition) is 1. The summed E-state index contributed by atoms with van der Waals surface area (Å²) in [7, 11) is 4.24. The van der Waals surface area contributed by atoms with Crippen LogP contribution in [0, 0.1) is 0 Å². The first-order valence-corrected chi connectivity index (χ1v) is 11.0. The number of alkyl halides is 2. The van der Waals surface area contributed by atoms with Crippen molar-refractivity contribution < 1.29 is 13.6 Å². The number of amides is 2. The molecule has 1 saturated carbocycles. The summed E-state index contributed by atoms with van der Waals surface area (Å²) in [5.74, 6) is -2.41. The molecule has 2 aliphatic heterocycles. The minimum atomic E-state index is -2.67. The summed E-state index contributed by atoms with van der Waals surface area (Å²) in [5.41, 5.74) is 1.56. The van der Waals surface area contributed by atoms with E-state index in [-0.39, 0.29) is 36.1 Å². The van der Waals surface area contributed by atoms with Crippen molar-refractivity contribution in [3.05, 3.63) is 48.3 Å². The van der Waals surface area contributed by atoms with Crippen molar-refractivity contribution >= 4 is 17.7 Å². The minimum absolute atomic E-state index is 0.0469. The molecule has 9 heteroatoms. The summed E-state index contributed by atoms with van der Waals surface area (Å²) in [5, 5.41) is 3.22. The van der Waals surface area contributed by atoms with Crippen LogP contribution in [0.2, 0.25) is 0 Å². The largest absolute Gasteiger partial charge is 0.330 e. The third kappa shape index (κ3) is 3.48. The lowest BCUT2D eigenvalue weighted by Crippen LogP contribution is -2.57. The molecule has 32 heavy (non-hydrogen) atoms. The number of hydrogen-bond acceptors (Lipinski definition) is 5. The van der Waals surface area contributed by atoms with Crippen molar-refractivity contribution in [1.82, 2.24) is 20.2 Å². The number of nitrogens with one attached hydrogen (secondary N) is 1. The number of rotatable bonds is 4. The van der Waals surface area contributed by atoms with Gasteiger partial charge in [0.1, 0.15) is 0 Å². The van der Waals surface area contributed by atoms with Gasteiger partial charge in [0.25, 0.3) is 5.92 Å². The van der Waals surface area contributed by atoms with Gasteiger partial charge in [0.2, 0.25) is 5.95 Å². The van der Waals surface area contributed by atoms with Gasteiger partial charge in [0.15, 0.2) is 0 Å². The molecule has 170 valence electrons. The summed E-state index contributed by atoms with van der Waals surface area (Å²) in [4.78, 5) is 26.7. The van der Waals surface area contributed by atoms with E-state index in [1.807, 2.05) is 6.07 Å². The fraction of sp³-hybridized carbons (Fsp3) is 0.522. The molecule has 3 heterocycles. The van der Waals surface area contributed by atoms with Crippen LogP contribution in [-0.2, 0) is 5.54 Å². The Labute approximate surface area is 186 Å². The number of carbonyl (C=O) groups is 1. The average molecular weight is 443 g/mol. The fourth-order valence-corrected chi connectivity index (χ4v) is 5.36. The Morgan fingerprint density at radius 3 is 2.16 bits per heavy atom. The van der Waals surface area contributed by atoms with Crippen LogP contribution in [0.15, 0.2) is 42.7 Å². The molecule has 0 bridgehead atoms. The summed E-state index contributed by atoms with van der Waals surface area (Å²) in [6.45, 7) is -0.183. The summed E-state index contributed by atoms with van der Waals surface area (Å²) >= 11 is 0. The fourth-order valence-electron chi connectivity index (χ4n) is 5.36. The van der Waals surface area contributed by atoms with Gasteiger partial charge >= 0.3 is 6.03 Å². The lowest BCUT2D eigenvalue weighted by Gasteiger charge is -2.48. The highest BCUT2D eigenvalue weighted by molar-refractivity contribution is 5.95. The molecule has 0 atom stereocenters. The molecule has 1 aromatic carbocycles. The van der Waals surface area contributed by atoms with E-state index in [0.29, 0.717) is 12.2 Å². The first kappa shape index (κ1) is 21.1. The number of urea groups is 1. The van der Waals surface area contributed by atoms with E-state index >= 15 is 0 Å². The molecule has 1 aliphatic carbocycles. The van der Waals surface area contributed by atoms with Crippen molar-refractivity contribution in [3.8, 4) is 0 Å². The van der Waals surface area contributed by atoms with Crippen molar-refractivity contribution in [3.63, 3.8) is 0 Å². The molecule has 1 spiro atoms. The van der Waals surface area contributed by atoms with Crippen LogP contribution in [0.5, 0.6) is 0 Å². The summed E-state index contributed by atoms with van der Waals surface area (Å²) in [6.07, 6.45) is 6.71. The van der Waals surface area contributed by atoms with Gasteiger partial charge in [-0.3, -0.25) is 9.80 Å². The highest BCUT2D eigenvalue weighted by Gasteiger charge is 2.50. The van der Waals surface area contributed by atoms with Gasteiger partial charge in [-0.2, -0.15) is 0 Å². The number of aromatic nitrogens is 2. The van der Waals surface area contributed by atoms with Crippen molar-refractivity contribution in [2.75, 3.05) is 43.5 Å². The predicted molar refractivity (Wildman–Crippen MR) is 118 cm³/mol. The maximum atomic E-state index is 13.1. The van der Waals surface area contributed by atoms with Gasteiger partial charge in [0.05, 0.1) is 43.3 Å². The Hall–Kier alpha value is -2.81. The van der Waals surface area contributed by atoms with Crippen molar-refractivity contribution in [1.29, 1.82) is 0 Å². The molecule has 3 aliphatic rings. The lowest BCUT2D eigenvalue weighted by atomic mass is 9.69. The Balaban J connectivity index is 1.29. The summed E-state index contributed by atoms with van der Waals surface area (Å²) < 4.78 is 26.2. The predicted octanol–water partition coefficient (Wildman–Crippen LogP) is 3.23. The second-order valence-corrected chi connectivity index (χ2v) is 9.54. The van der Waals surface area contributed by atoms with Gasteiger partial charge in [-0.05, 0) is 45.3 Å². The van der Waals surface area contributed by atoms with E-state index in [4.69, 9.17) is 0 Å². The number of benzene rings is 1. The van der Waals surface area contributed by atoms with Crippen LogP contribution < -0.4 is 15.1 Å².